The summed E-state index contributed by atoms with van der Waals surface area (Å²) in [7, 11) is 0. The van der Waals surface area contributed by atoms with E-state index in [1.165, 1.54) is 0 Å². The van der Waals surface area contributed by atoms with Gasteiger partial charge < -0.3 is 9.64 Å². The SMILES string of the molecule is CCC1COCCN1c1nc(NN)ncc1F. The second-order valence-electron chi connectivity index (χ2n) is 3.84. The first-order chi connectivity index (χ1) is 8.26. The number of nitrogens with two attached hydrogens (primary N) is 1. The van der Waals surface area contributed by atoms with E-state index in [2.05, 4.69) is 15.4 Å². The van der Waals surface area contributed by atoms with Crippen molar-refractivity contribution in [3.8, 4) is 0 Å². The minimum absolute atomic E-state index is 0.138. The van der Waals surface area contributed by atoms with Crippen LogP contribution in [-0.2, 0) is 4.74 Å². The second-order valence-corrected chi connectivity index (χ2v) is 3.84. The predicted molar refractivity (Wildman–Crippen MR) is 62.0 cm³/mol. The van der Waals surface area contributed by atoms with Gasteiger partial charge in [-0.1, -0.05) is 6.92 Å². The Hall–Kier alpha value is -1.47. The summed E-state index contributed by atoms with van der Waals surface area (Å²) in [5.74, 6) is 5.28. The second kappa shape index (κ2) is 5.24. The van der Waals surface area contributed by atoms with E-state index in [0.29, 0.717) is 19.8 Å². The number of halogens is 1. The van der Waals surface area contributed by atoms with E-state index in [1.807, 2.05) is 11.8 Å². The number of rotatable bonds is 3. The zero-order chi connectivity index (χ0) is 12.3. The molecule has 94 valence electrons. The molecule has 0 radical (unpaired) electrons. The van der Waals surface area contributed by atoms with Crippen LogP contribution in [-0.4, -0.2) is 35.8 Å². The lowest BCUT2D eigenvalue weighted by Gasteiger charge is -2.36. The number of morpholine rings is 1. The molecule has 7 heteroatoms. The van der Waals surface area contributed by atoms with Crippen LogP contribution in [0.5, 0.6) is 0 Å². The average molecular weight is 241 g/mol. The Labute approximate surface area is 99.0 Å². The normalized spacial score (nSPS) is 20.4. The monoisotopic (exact) mass is 241 g/mol. The van der Waals surface area contributed by atoms with Gasteiger partial charge in [-0.25, -0.2) is 15.2 Å². The maximum atomic E-state index is 13.7. The molecule has 1 aliphatic rings. The Morgan fingerprint density at radius 1 is 1.71 bits per heavy atom. The third-order valence-electron chi connectivity index (χ3n) is 2.83. The van der Waals surface area contributed by atoms with Gasteiger partial charge in [-0.05, 0) is 6.42 Å². The number of nitrogens with one attached hydrogen (secondary N) is 1. The number of nitrogen functional groups attached to an aromatic ring is 1. The van der Waals surface area contributed by atoms with Crippen LogP contribution in [0.3, 0.4) is 0 Å². The maximum Gasteiger partial charge on any atom is 0.239 e. The van der Waals surface area contributed by atoms with Gasteiger partial charge in [-0.15, -0.1) is 0 Å². The quantitative estimate of drug-likeness (QED) is 0.593. The molecule has 0 spiro atoms. The van der Waals surface area contributed by atoms with Crippen LogP contribution in [0.2, 0.25) is 0 Å². The summed E-state index contributed by atoms with van der Waals surface area (Å²) in [6, 6.07) is 0.138. The van der Waals surface area contributed by atoms with E-state index in [4.69, 9.17) is 10.6 Å². The Morgan fingerprint density at radius 2 is 2.53 bits per heavy atom. The van der Waals surface area contributed by atoms with Crippen molar-refractivity contribution in [2.75, 3.05) is 30.1 Å². The molecule has 1 aromatic heterocycles. The Morgan fingerprint density at radius 3 is 3.24 bits per heavy atom. The van der Waals surface area contributed by atoms with E-state index in [1.54, 1.807) is 0 Å². The number of anilines is 2. The Balaban J connectivity index is 2.30. The molecule has 0 aromatic carbocycles. The van der Waals surface area contributed by atoms with E-state index in [-0.39, 0.29) is 17.8 Å². The zero-order valence-corrected chi connectivity index (χ0v) is 9.69. The smallest absolute Gasteiger partial charge is 0.239 e. The average Bonchev–Trinajstić information content (AvgIpc) is 2.39. The molecule has 2 heterocycles. The molecule has 0 aliphatic carbocycles. The molecule has 17 heavy (non-hydrogen) atoms. The summed E-state index contributed by atoms with van der Waals surface area (Å²) < 4.78 is 19.1. The number of hydrazine groups is 1. The predicted octanol–water partition coefficient (Wildman–Crippen LogP) is 0.517. The van der Waals surface area contributed by atoms with Gasteiger partial charge in [0, 0.05) is 6.54 Å². The molecule has 3 N–H and O–H groups in total. The number of aromatic nitrogens is 2. The van der Waals surface area contributed by atoms with Crippen LogP contribution in [0.1, 0.15) is 13.3 Å². The molecule has 1 fully saturated rings. The van der Waals surface area contributed by atoms with Gasteiger partial charge in [0.15, 0.2) is 11.6 Å². The number of ether oxygens (including phenoxy) is 1. The van der Waals surface area contributed by atoms with Gasteiger partial charge in [-0.3, -0.25) is 5.43 Å². The van der Waals surface area contributed by atoms with Crippen LogP contribution in [0.25, 0.3) is 0 Å². The third-order valence-corrected chi connectivity index (χ3v) is 2.83. The molecule has 1 unspecified atom stereocenters. The summed E-state index contributed by atoms with van der Waals surface area (Å²) in [4.78, 5) is 9.69. The summed E-state index contributed by atoms with van der Waals surface area (Å²) in [6.45, 7) is 3.82. The van der Waals surface area contributed by atoms with Crippen molar-refractivity contribution in [3.05, 3.63) is 12.0 Å². The van der Waals surface area contributed by atoms with E-state index in [0.717, 1.165) is 12.6 Å². The highest BCUT2D eigenvalue weighted by atomic mass is 19.1. The molecule has 1 aliphatic heterocycles. The van der Waals surface area contributed by atoms with E-state index in [9.17, 15) is 4.39 Å². The van der Waals surface area contributed by atoms with Crippen molar-refractivity contribution in [1.29, 1.82) is 0 Å². The Bertz CT molecular complexity index is 389. The fraction of sp³-hybridized carbons (Fsp3) is 0.600. The molecule has 0 bridgehead atoms. The van der Waals surface area contributed by atoms with Gasteiger partial charge in [0.2, 0.25) is 5.95 Å². The van der Waals surface area contributed by atoms with Crippen molar-refractivity contribution in [1.82, 2.24) is 9.97 Å². The van der Waals surface area contributed by atoms with Crippen LogP contribution < -0.4 is 16.2 Å². The first kappa shape index (κ1) is 12.0. The maximum absolute atomic E-state index is 13.7. The van der Waals surface area contributed by atoms with Crippen molar-refractivity contribution >= 4 is 11.8 Å². The molecule has 1 saturated heterocycles. The van der Waals surface area contributed by atoms with Crippen LogP contribution in [0, 0.1) is 5.82 Å². The topological polar surface area (TPSA) is 76.3 Å². The molecule has 1 atom stereocenters. The Kier molecular flexibility index (Phi) is 3.70. The lowest BCUT2D eigenvalue weighted by atomic mass is 10.2. The van der Waals surface area contributed by atoms with Crippen LogP contribution >= 0.6 is 0 Å². The molecule has 0 saturated carbocycles. The molecule has 0 amide bonds. The fourth-order valence-electron chi connectivity index (χ4n) is 1.90. The van der Waals surface area contributed by atoms with Gasteiger partial charge in [0.25, 0.3) is 0 Å². The first-order valence-electron chi connectivity index (χ1n) is 5.59. The van der Waals surface area contributed by atoms with Crippen molar-refractivity contribution in [3.63, 3.8) is 0 Å². The van der Waals surface area contributed by atoms with Gasteiger partial charge in [0.05, 0.1) is 25.5 Å². The minimum atomic E-state index is -0.440. The van der Waals surface area contributed by atoms with E-state index < -0.39 is 5.82 Å². The highest BCUT2D eigenvalue weighted by molar-refractivity contribution is 5.45. The van der Waals surface area contributed by atoms with Gasteiger partial charge in [-0.2, -0.15) is 4.98 Å². The van der Waals surface area contributed by atoms with Gasteiger partial charge in [0.1, 0.15) is 0 Å². The molecular weight excluding hydrogens is 225 g/mol. The lowest BCUT2D eigenvalue weighted by molar-refractivity contribution is 0.0921. The highest BCUT2D eigenvalue weighted by Gasteiger charge is 2.25. The summed E-state index contributed by atoms with van der Waals surface area (Å²) >= 11 is 0. The summed E-state index contributed by atoms with van der Waals surface area (Å²) in [5.41, 5.74) is 2.32. The van der Waals surface area contributed by atoms with Crippen molar-refractivity contribution in [2.45, 2.75) is 19.4 Å². The molecule has 2 rings (SSSR count). The van der Waals surface area contributed by atoms with Gasteiger partial charge >= 0.3 is 0 Å². The number of hydrogen-bond donors (Lipinski definition) is 2. The van der Waals surface area contributed by atoms with Crippen molar-refractivity contribution in [2.24, 2.45) is 5.84 Å². The summed E-state index contributed by atoms with van der Waals surface area (Å²) in [6.07, 6.45) is 1.99. The largest absolute Gasteiger partial charge is 0.377 e. The fourth-order valence-corrected chi connectivity index (χ4v) is 1.90. The van der Waals surface area contributed by atoms with Crippen LogP contribution in [0.4, 0.5) is 16.2 Å². The lowest BCUT2D eigenvalue weighted by Crippen LogP contribution is -2.46. The number of hydrogen-bond acceptors (Lipinski definition) is 6. The molecule has 6 nitrogen and oxygen atoms in total. The minimum Gasteiger partial charge on any atom is -0.377 e. The standard InChI is InChI=1S/C10H16FN5O/c1-2-7-6-17-4-3-16(7)9-8(11)5-13-10(14-9)15-12/h5,7H,2-4,6,12H2,1H3,(H,13,14,15). The van der Waals surface area contributed by atoms with E-state index >= 15 is 0 Å². The summed E-state index contributed by atoms with van der Waals surface area (Å²) in [5, 5.41) is 0. The first-order valence-corrected chi connectivity index (χ1v) is 5.59. The zero-order valence-electron chi connectivity index (χ0n) is 9.69. The van der Waals surface area contributed by atoms with Crippen molar-refractivity contribution < 1.29 is 9.13 Å². The highest BCUT2D eigenvalue weighted by Crippen LogP contribution is 2.22. The third kappa shape index (κ3) is 2.45. The molecule has 1 aromatic rings. The molecular formula is C10H16FN5O. The van der Waals surface area contributed by atoms with Crippen LogP contribution in [0.15, 0.2) is 6.20 Å². The number of nitrogens with zero attached hydrogens (tertiary/aromatic N) is 3.